The summed E-state index contributed by atoms with van der Waals surface area (Å²) in [6, 6.07) is 5.99. The molecule has 0 saturated carbocycles. The highest BCUT2D eigenvalue weighted by Gasteiger charge is 2.15. The summed E-state index contributed by atoms with van der Waals surface area (Å²) in [6.07, 6.45) is 1.07. The van der Waals surface area contributed by atoms with E-state index in [9.17, 15) is 14.7 Å². The summed E-state index contributed by atoms with van der Waals surface area (Å²) in [5.41, 5.74) is 10.6. The average Bonchev–Trinajstić information content (AvgIpc) is 2.41. The van der Waals surface area contributed by atoms with Gasteiger partial charge in [-0.1, -0.05) is 0 Å². The van der Waals surface area contributed by atoms with Gasteiger partial charge in [0.1, 0.15) is 11.4 Å². The van der Waals surface area contributed by atoms with Gasteiger partial charge in [-0.15, -0.1) is 0 Å². The summed E-state index contributed by atoms with van der Waals surface area (Å²) >= 11 is 0. The SMILES string of the molecule is NC(=O)c1cnc(C(N)=O)c(Nc2ccc(O)cc2)n1. The molecule has 2 rings (SSSR count). The molecule has 2 aromatic rings. The van der Waals surface area contributed by atoms with Crippen LogP contribution in [0.2, 0.25) is 0 Å². The molecule has 0 saturated heterocycles. The molecule has 1 aromatic carbocycles. The van der Waals surface area contributed by atoms with Crippen molar-refractivity contribution in [2.45, 2.75) is 0 Å². The fraction of sp³-hybridized carbons (Fsp3) is 0. The third-order valence-electron chi connectivity index (χ3n) is 2.39. The Balaban J connectivity index is 2.41. The summed E-state index contributed by atoms with van der Waals surface area (Å²) in [5, 5.41) is 12.0. The number of carbonyl (C=O) groups excluding carboxylic acids is 2. The lowest BCUT2D eigenvalue weighted by Gasteiger charge is -2.09. The van der Waals surface area contributed by atoms with Crippen LogP contribution in [0, 0.1) is 0 Å². The first-order chi connectivity index (χ1) is 9.47. The van der Waals surface area contributed by atoms with Gasteiger partial charge in [-0.3, -0.25) is 9.59 Å². The van der Waals surface area contributed by atoms with Crippen molar-refractivity contribution in [2.75, 3.05) is 5.32 Å². The molecule has 20 heavy (non-hydrogen) atoms. The second-order valence-electron chi connectivity index (χ2n) is 3.85. The highest BCUT2D eigenvalue weighted by atomic mass is 16.3. The number of nitrogens with two attached hydrogens (primary N) is 2. The number of hydrogen-bond donors (Lipinski definition) is 4. The summed E-state index contributed by atoms with van der Waals surface area (Å²) in [4.78, 5) is 30.0. The van der Waals surface area contributed by atoms with Crippen LogP contribution in [0.4, 0.5) is 11.5 Å². The van der Waals surface area contributed by atoms with Crippen LogP contribution in [0.3, 0.4) is 0 Å². The molecule has 102 valence electrons. The van der Waals surface area contributed by atoms with Crippen molar-refractivity contribution in [3.63, 3.8) is 0 Å². The van der Waals surface area contributed by atoms with Crippen LogP contribution in [0.25, 0.3) is 0 Å². The largest absolute Gasteiger partial charge is 0.508 e. The van der Waals surface area contributed by atoms with Crippen molar-refractivity contribution in [2.24, 2.45) is 11.5 Å². The van der Waals surface area contributed by atoms with Crippen molar-refractivity contribution in [3.05, 3.63) is 41.9 Å². The summed E-state index contributed by atoms with van der Waals surface area (Å²) in [7, 11) is 0. The Morgan fingerprint density at radius 3 is 2.30 bits per heavy atom. The van der Waals surface area contributed by atoms with E-state index in [4.69, 9.17) is 11.5 Å². The normalized spacial score (nSPS) is 10.0. The molecular formula is C12H11N5O3. The molecule has 0 radical (unpaired) electrons. The molecular weight excluding hydrogens is 262 g/mol. The molecule has 0 fully saturated rings. The van der Waals surface area contributed by atoms with Crippen LogP contribution in [-0.2, 0) is 0 Å². The van der Waals surface area contributed by atoms with E-state index in [1.807, 2.05) is 0 Å². The first-order valence-electron chi connectivity index (χ1n) is 5.50. The van der Waals surface area contributed by atoms with Crippen LogP contribution in [-0.4, -0.2) is 26.9 Å². The van der Waals surface area contributed by atoms with Gasteiger partial charge in [-0.2, -0.15) is 0 Å². The van der Waals surface area contributed by atoms with E-state index < -0.39 is 11.8 Å². The standard InChI is InChI=1S/C12H11N5O3/c13-10(19)8-5-15-9(11(14)20)12(17-8)16-6-1-3-7(18)4-2-6/h1-5,18H,(H2,13,19)(H2,14,20)(H,16,17). The minimum Gasteiger partial charge on any atom is -0.508 e. The second kappa shape index (κ2) is 5.22. The Hall–Kier alpha value is -3.16. The van der Waals surface area contributed by atoms with Gasteiger partial charge in [0, 0.05) is 5.69 Å². The number of anilines is 2. The van der Waals surface area contributed by atoms with Crippen LogP contribution >= 0.6 is 0 Å². The molecule has 0 unspecified atom stereocenters. The molecule has 0 spiro atoms. The predicted molar refractivity (Wildman–Crippen MR) is 70.5 cm³/mol. The lowest BCUT2D eigenvalue weighted by atomic mass is 10.3. The third-order valence-corrected chi connectivity index (χ3v) is 2.39. The Morgan fingerprint density at radius 1 is 1.10 bits per heavy atom. The Kier molecular flexibility index (Phi) is 3.47. The molecule has 0 aliphatic carbocycles. The lowest BCUT2D eigenvalue weighted by Crippen LogP contribution is -2.20. The molecule has 0 bridgehead atoms. The highest BCUT2D eigenvalue weighted by molar-refractivity contribution is 5.97. The number of carbonyl (C=O) groups is 2. The number of hydrogen-bond acceptors (Lipinski definition) is 6. The molecule has 8 nitrogen and oxygen atoms in total. The van der Waals surface area contributed by atoms with Crippen molar-refractivity contribution < 1.29 is 14.7 Å². The number of phenolic OH excluding ortho intramolecular Hbond substituents is 1. The molecule has 6 N–H and O–H groups in total. The first-order valence-corrected chi connectivity index (χ1v) is 5.50. The molecule has 2 amide bonds. The Labute approximate surface area is 113 Å². The van der Waals surface area contributed by atoms with Crippen LogP contribution in [0.15, 0.2) is 30.5 Å². The van der Waals surface area contributed by atoms with E-state index in [1.54, 1.807) is 12.1 Å². The van der Waals surface area contributed by atoms with Gasteiger partial charge in [-0.05, 0) is 24.3 Å². The topological polar surface area (TPSA) is 144 Å². The second-order valence-corrected chi connectivity index (χ2v) is 3.85. The zero-order valence-electron chi connectivity index (χ0n) is 10.2. The van der Waals surface area contributed by atoms with Crippen molar-refractivity contribution in [1.82, 2.24) is 9.97 Å². The third kappa shape index (κ3) is 2.80. The number of amides is 2. The number of benzene rings is 1. The lowest BCUT2D eigenvalue weighted by molar-refractivity contribution is 0.0981. The molecule has 8 heteroatoms. The number of phenols is 1. The zero-order valence-corrected chi connectivity index (χ0v) is 10.2. The van der Waals surface area contributed by atoms with Gasteiger partial charge in [0.2, 0.25) is 0 Å². The van der Waals surface area contributed by atoms with Gasteiger partial charge in [0.15, 0.2) is 11.5 Å². The van der Waals surface area contributed by atoms with Gasteiger partial charge in [-0.25, -0.2) is 9.97 Å². The van der Waals surface area contributed by atoms with E-state index >= 15 is 0 Å². The smallest absolute Gasteiger partial charge is 0.271 e. The van der Waals surface area contributed by atoms with Crippen LogP contribution in [0.1, 0.15) is 21.0 Å². The maximum absolute atomic E-state index is 11.3. The van der Waals surface area contributed by atoms with Gasteiger partial charge in [0.05, 0.1) is 6.20 Å². The number of aromatic hydroxyl groups is 1. The quantitative estimate of drug-likeness (QED) is 0.582. The first kappa shape index (κ1) is 13.3. The average molecular weight is 273 g/mol. The van der Waals surface area contributed by atoms with Crippen molar-refractivity contribution in [3.8, 4) is 5.75 Å². The number of nitrogens with one attached hydrogen (secondary N) is 1. The van der Waals surface area contributed by atoms with E-state index in [0.29, 0.717) is 5.69 Å². The Morgan fingerprint density at radius 2 is 1.75 bits per heavy atom. The van der Waals surface area contributed by atoms with E-state index in [1.165, 1.54) is 12.1 Å². The monoisotopic (exact) mass is 273 g/mol. The fourth-order valence-electron chi connectivity index (χ4n) is 1.46. The summed E-state index contributed by atoms with van der Waals surface area (Å²) < 4.78 is 0. The summed E-state index contributed by atoms with van der Waals surface area (Å²) in [5.74, 6) is -1.47. The van der Waals surface area contributed by atoms with Crippen molar-refractivity contribution >= 4 is 23.3 Å². The molecule has 1 aromatic heterocycles. The maximum atomic E-state index is 11.3. The minimum atomic E-state index is -0.796. The minimum absolute atomic E-state index is 0.0134. The number of nitrogens with zero attached hydrogens (tertiary/aromatic N) is 2. The number of primary amides is 2. The van der Waals surface area contributed by atoms with Gasteiger partial charge in [0.25, 0.3) is 11.8 Å². The molecule has 1 heterocycles. The van der Waals surface area contributed by atoms with E-state index in [-0.39, 0.29) is 23.0 Å². The van der Waals surface area contributed by atoms with Crippen LogP contribution in [0.5, 0.6) is 5.75 Å². The van der Waals surface area contributed by atoms with Gasteiger partial charge < -0.3 is 21.9 Å². The van der Waals surface area contributed by atoms with Crippen LogP contribution < -0.4 is 16.8 Å². The van der Waals surface area contributed by atoms with E-state index in [0.717, 1.165) is 6.20 Å². The molecule has 0 aliphatic heterocycles. The predicted octanol–water partition coefficient (Wildman–Crippen LogP) is 0.124. The van der Waals surface area contributed by atoms with Crippen molar-refractivity contribution in [1.29, 1.82) is 0 Å². The maximum Gasteiger partial charge on any atom is 0.271 e. The number of aromatic nitrogens is 2. The Bertz CT molecular complexity index is 669. The summed E-state index contributed by atoms with van der Waals surface area (Å²) in [6.45, 7) is 0. The van der Waals surface area contributed by atoms with Gasteiger partial charge >= 0.3 is 0 Å². The highest BCUT2D eigenvalue weighted by Crippen LogP contribution is 2.20. The zero-order chi connectivity index (χ0) is 14.7. The fourth-order valence-corrected chi connectivity index (χ4v) is 1.46. The molecule has 0 aliphatic rings. The van der Waals surface area contributed by atoms with E-state index in [2.05, 4.69) is 15.3 Å². The number of rotatable bonds is 4. The molecule has 0 atom stereocenters.